The van der Waals surface area contributed by atoms with Gasteiger partial charge in [-0.05, 0) is 26.2 Å². The van der Waals surface area contributed by atoms with Gasteiger partial charge in [0.25, 0.3) is 0 Å². The van der Waals surface area contributed by atoms with Gasteiger partial charge in [0.05, 0.1) is 5.92 Å². The molecule has 2 fully saturated rings. The molecule has 1 aliphatic heterocycles. The summed E-state index contributed by atoms with van der Waals surface area (Å²) in [5.41, 5.74) is 5.94. The van der Waals surface area contributed by atoms with Crippen LogP contribution in [0, 0.1) is 5.92 Å². The molecule has 5 heteroatoms. The van der Waals surface area contributed by atoms with Crippen LogP contribution in [-0.2, 0) is 9.59 Å². The molecule has 0 aromatic heterocycles. The summed E-state index contributed by atoms with van der Waals surface area (Å²) in [6.45, 7) is 2.38. The van der Waals surface area contributed by atoms with Crippen molar-refractivity contribution >= 4 is 11.9 Å². The Hall–Kier alpha value is -1.10. The second-order valence-electron chi connectivity index (χ2n) is 6.16. The number of carbonyl (C=O) groups is 2. The number of carboxylic acids is 1. The van der Waals surface area contributed by atoms with Gasteiger partial charge in [0.1, 0.15) is 0 Å². The number of carbonyl (C=O) groups excluding carboxylic acids is 1. The highest BCUT2D eigenvalue weighted by atomic mass is 16.4. The van der Waals surface area contributed by atoms with E-state index in [4.69, 9.17) is 10.8 Å². The van der Waals surface area contributed by atoms with E-state index in [9.17, 15) is 9.59 Å². The van der Waals surface area contributed by atoms with Crippen molar-refractivity contribution < 1.29 is 14.7 Å². The Morgan fingerprint density at radius 1 is 1.32 bits per heavy atom. The molecule has 1 heterocycles. The molecule has 5 nitrogen and oxygen atoms in total. The second kappa shape index (κ2) is 5.49. The lowest BCUT2D eigenvalue weighted by molar-refractivity contribution is -0.143. The van der Waals surface area contributed by atoms with E-state index >= 15 is 0 Å². The van der Waals surface area contributed by atoms with Crippen LogP contribution in [0.5, 0.6) is 0 Å². The summed E-state index contributed by atoms with van der Waals surface area (Å²) in [6, 6.07) is -0.211. The SMILES string of the molecule is CC1C(C(=O)O)CCN1C(=O)CC1(N)CCCCC1. The molecule has 2 rings (SSSR count). The molecule has 0 aromatic carbocycles. The quantitative estimate of drug-likeness (QED) is 0.809. The van der Waals surface area contributed by atoms with Crippen LogP contribution >= 0.6 is 0 Å². The van der Waals surface area contributed by atoms with Gasteiger partial charge in [-0.3, -0.25) is 9.59 Å². The first-order valence-corrected chi connectivity index (χ1v) is 7.24. The number of aliphatic carboxylic acids is 1. The summed E-state index contributed by atoms with van der Waals surface area (Å²) >= 11 is 0. The van der Waals surface area contributed by atoms with Gasteiger partial charge < -0.3 is 15.7 Å². The number of nitrogens with zero attached hydrogens (tertiary/aromatic N) is 1. The van der Waals surface area contributed by atoms with Crippen molar-refractivity contribution in [3.8, 4) is 0 Å². The van der Waals surface area contributed by atoms with Crippen molar-refractivity contribution in [3.63, 3.8) is 0 Å². The van der Waals surface area contributed by atoms with Gasteiger partial charge in [0.15, 0.2) is 0 Å². The Morgan fingerprint density at radius 2 is 1.95 bits per heavy atom. The van der Waals surface area contributed by atoms with E-state index in [0.717, 1.165) is 25.7 Å². The van der Waals surface area contributed by atoms with Crippen LogP contribution in [0.2, 0.25) is 0 Å². The lowest BCUT2D eigenvalue weighted by atomic mass is 9.80. The standard InChI is InChI=1S/C14H24N2O3/c1-10-11(13(18)19)5-8-16(10)12(17)9-14(15)6-3-2-4-7-14/h10-11H,2-9,15H2,1H3,(H,18,19). The monoisotopic (exact) mass is 268 g/mol. The van der Waals surface area contributed by atoms with Crippen LogP contribution in [0.15, 0.2) is 0 Å². The molecule has 2 aliphatic rings. The van der Waals surface area contributed by atoms with Gasteiger partial charge in [0.2, 0.25) is 5.91 Å². The Labute approximate surface area is 114 Å². The summed E-state index contributed by atoms with van der Waals surface area (Å²) < 4.78 is 0. The van der Waals surface area contributed by atoms with E-state index in [0.29, 0.717) is 19.4 Å². The Balaban J connectivity index is 1.95. The van der Waals surface area contributed by atoms with Crippen LogP contribution in [0.3, 0.4) is 0 Å². The lowest BCUT2D eigenvalue weighted by Gasteiger charge is -2.35. The molecule has 19 heavy (non-hydrogen) atoms. The Kier molecular flexibility index (Phi) is 4.13. The number of likely N-dealkylation sites (tertiary alicyclic amines) is 1. The molecule has 1 saturated carbocycles. The smallest absolute Gasteiger partial charge is 0.308 e. The van der Waals surface area contributed by atoms with Crippen molar-refractivity contribution in [1.29, 1.82) is 0 Å². The van der Waals surface area contributed by atoms with Crippen molar-refractivity contribution in [3.05, 3.63) is 0 Å². The fraction of sp³-hybridized carbons (Fsp3) is 0.857. The van der Waals surface area contributed by atoms with Crippen LogP contribution in [0.1, 0.15) is 51.9 Å². The van der Waals surface area contributed by atoms with Crippen LogP contribution < -0.4 is 5.73 Å². The third-order valence-corrected chi connectivity index (χ3v) is 4.75. The number of hydrogen-bond donors (Lipinski definition) is 2. The molecule has 0 aromatic rings. The average molecular weight is 268 g/mol. The fourth-order valence-electron chi connectivity index (χ4n) is 3.46. The minimum atomic E-state index is -0.803. The molecule has 3 N–H and O–H groups in total. The number of amides is 1. The summed E-state index contributed by atoms with van der Waals surface area (Å²) in [7, 11) is 0. The first-order valence-electron chi connectivity index (χ1n) is 7.24. The van der Waals surface area contributed by atoms with E-state index in [1.54, 1.807) is 4.90 Å². The number of rotatable bonds is 3. The molecule has 1 saturated heterocycles. The van der Waals surface area contributed by atoms with E-state index in [1.165, 1.54) is 6.42 Å². The predicted molar refractivity (Wildman–Crippen MR) is 71.5 cm³/mol. The van der Waals surface area contributed by atoms with Crippen LogP contribution in [0.25, 0.3) is 0 Å². The zero-order valence-corrected chi connectivity index (χ0v) is 11.6. The highest BCUT2D eigenvalue weighted by molar-refractivity contribution is 5.80. The van der Waals surface area contributed by atoms with Crippen molar-refractivity contribution in [2.75, 3.05) is 6.54 Å². The van der Waals surface area contributed by atoms with Gasteiger partial charge in [-0.25, -0.2) is 0 Å². The highest BCUT2D eigenvalue weighted by Crippen LogP contribution is 2.31. The molecule has 0 spiro atoms. The largest absolute Gasteiger partial charge is 0.481 e. The fourth-order valence-corrected chi connectivity index (χ4v) is 3.46. The van der Waals surface area contributed by atoms with Crippen molar-refractivity contribution in [2.24, 2.45) is 11.7 Å². The third-order valence-electron chi connectivity index (χ3n) is 4.75. The molecule has 2 unspecified atom stereocenters. The molecule has 1 amide bonds. The molecule has 2 atom stereocenters. The van der Waals surface area contributed by atoms with Gasteiger partial charge in [0, 0.05) is 24.5 Å². The number of carboxylic acid groups (broad SMARTS) is 1. The van der Waals surface area contributed by atoms with Crippen LogP contribution in [-0.4, -0.2) is 40.0 Å². The van der Waals surface area contributed by atoms with Gasteiger partial charge in [-0.2, -0.15) is 0 Å². The summed E-state index contributed by atoms with van der Waals surface area (Å²) in [5, 5.41) is 9.09. The van der Waals surface area contributed by atoms with Crippen molar-refractivity contribution in [2.45, 2.75) is 63.5 Å². The molecule has 0 radical (unpaired) electrons. The van der Waals surface area contributed by atoms with Gasteiger partial charge >= 0.3 is 5.97 Å². The molecule has 0 bridgehead atoms. The lowest BCUT2D eigenvalue weighted by Crippen LogP contribution is -2.48. The van der Waals surface area contributed by atoms with Crippen LogP contribution in [0.4, 0.5) is 0 Å². The average Bonchev–Trinajstić information content (AvgIpc) is 2.71. The Morgan fingerprint density at radius 3 is 2.47 bits per heavy atom. The summed E-state index contributed by atoms with van der Waals surface area (Å²) in [6.07, 6.45) is 6.12. The number of hydrogen-bond acceptors (Lipinski definition) is 3. The maximum absolute atomic E-state index is 12.4. The first-order chi connectivity index (χ1) is 8.93. The topological polar surface area (TPSA) is 83.6 Å². The zero-order valence-electron chi connectivity index (χ0n) is 11.6. The maximum Gasteiger partial charge on any atom is 0.308 e. The summed E-state index contributed by atoms with van der Waals surface area (Å²) in [4.78, 5) is 25.1. The van der Waals surface area contributed by atoms with Gasteiger partial charge in [-0.15, -0.1) is 0 Å². The third kappa shape index (κ3) is 3.08. The molecule has 108 valence electrons. The predicted octanol–water partition coefficient (Wildman–Crippen LogP) is 1.36. The van der Waals surface area contributed by atoms with E-state index in [2.05, 4.69) is 0 Å². The first kappa shape index (κ1) is 14.3. The number of nitrogens with two attached hydrogens (primary N) is 1. The normalized spacial score (nSPS) is 30.3. The molecular weight excluding hydrogens is 244 g/mol. The second-order valence-corrected chi connectivity index (χ2v) is 6.16. The van der Waals surface area contributed by atoms with Crippen molar-refractivity contribution in [1.82, 2.24) is 4.90 Å². The maximum atomic E-state index is 12.4. The highest BCUT2D eigenvalue weighted by Gasteiger charge is 2.40. The van der Waals surface area contributed by atoms with E-state index in [1.807, 2.05) is 6.92 Å². The molecular formula is C14H24N2O3. The van der Waals surface area contributed by atoms with E-state index in [-0.39, 0.29) is 17.5 Å². The summed E-state index contributed by atoms with van der Waals surface area (Å²) in [5.74, 6) is -1.20. The van der Waals surface area contributed by atoms with Gasteiger partial charge in [-0.1, -0.05) is 19.3 Å². The zero-order chi connectivity index (χ0) is 14.0. The minimum absolute atomic E-state index is 0.0284. The minimum Gasteiger partial charge on any atom is -0.481 e. The Bertz CT molecular complexity index is 364. The molecule has 1 aliphatic carbocycles. The van der Waals surface area contributed by atoms with E-state index < -0.39 is 11.9 Å².